The van der Waals surface area contributed by atoms with Crippen molar-refractivity contribution in [3.63, 3.8) is 0 Å². The molecule has 3 rings (SSSR count). The summed E-state index contributed by atoms with van der Waals surface area (Å²) in [6.07, 6.45) is 0.681. The molecule has 37 heavy (non-hydrogen) atoms. The summed E-state index contributed by atoms with van der Waals surface area (Å²) in [7, 11) is 3.08. The molecule has 0 aliphatic carbocycles. The van der Waals surface area contributed by atoms with Crippen molar-refractivity contribution in [3.8, 4) is 17.2 Å². The molecule has 1 heterocycles. The number of hydrogen-bond donors (Lipinski definition) is 1. The Kier molecular flexibility index (Phi) is 9.58. The molecule has 8 heteroatoms. The van der Waals surface area contributed by atoms with Gasteiger partial charge < -0.3 is 29.1 Å². The Bertz CT molecular complexity index is 1120. The number of Topliss-reactive ketones (excluding diaryl/α,β-unsaturated/α-hetero) is 1. The first-order valence-electron chi connectivity index (χ1n) is 12.7. The molecule has 1 saturated heterocycles. The average Bonchev–Trinajstić information content (AvgIpc) is 3.15. The number of likely N-dealkylation sites (tertiary alicyclic amines) is 1. The van der Waals surface area contributed by atoms with Crippen LogP contribution in [-0.2, 0) is 9.59 Å². The van der Waals surface area contributed by atoms with E-state index in [-0.39, 0.29) is 17.4 Å². The molecule has 0 radical (unpaired) electrons. The number of rotatable bonds is 12. The lowest BCUT2D eigenvalue weighted by Gasteiger charge is -2.28. The normalized spacial score (nSPS) is 17.1. The van der Waals surface area contributed by atoms with Gasteiger partial charge in [-0.3, -0.25) is 9.59 Å². The first kappa shape index (κ1) is 28.1. The van der Waals surface area contributed by atoms with Gasteiger partial charge in [0, 0.05) is 17.7 Å². The van der Waals surface area contributed by atoms with Gasteiger partial charge in [0.2, 0.25) is 0 Å². The topological polar surface area (TPSA) is 88.5 Å². The highest BCUT2D eigenvalue weighted by molar-refractivity contribution is 6.46. The number of ketones is 1. The van der Waals surface area contributed by atoms with Gasteiger partial charge in [-0.15, -0.1) is 0 Å². The molecular formula is C29H38N2O6. The van der Waals surface area contributed by atoms with Gasteiger partial charge >= 0.3 is 0 Å². The van der Waals surface area contributed by atoms with Gasteiger partial charge in [0.05, 0.1) is 31.9 Å². The Labute approximate surface area is 219 Å². The van der Waals surface area contributed by atoms with Crippen LogP contribution in [0.2, 0.25) is 0 Å². The molecule has 0 spiro atoms. The van der Waals surface area contributed by atoms with E-state index in [0.717, 1.165) is 19.6 Å². The zero-order valence-corrected chi connectivity index (χ0v) is 22.6. The quantitative estimate of drug-likeness (QED) is 0.253. The average molecular weight is 511 g/mol. The van der Waals surface area contributed by atoms with Crippen LogP contribution in [0.4, 0.5) is 0 Å². The van der Waals surface area contributed by atoms with E-state index >= 15 is 0 Å². The highest BCUT2D eigenvalue weighted by Gasteiger charge is 2.47. The zero-order valence-electron chi connectivity index (χ0n) is 22.6. The minimum Gasteiger partial charge on any atom is -0.507 e. The minimum absolute atomic E-state index is 0.00152. The maximum atomic E-state index is 13.4. The standard InChI is InChI=1S/C29H38N2O6/c1-7-30(8-2)16-9-17-31-26(23-18-22(35-5)14-15-24(23)36-6)25(28(33)29(31)34)27(32)20-10-12-21(13-11-20)37-19(3)4/h10-15,18-19,26,32H,7-9,16-17H2,1-6H3/b27-25+/t26-/m1/s1. The van der Waals surface area contributed by atoms with Gasteiger partial charge in [-0.25, -0.2) is 0 Å². The minimum atomic E-state index is -0.826. The maximum absolute atomic E-state index is 13.4. The maximum Gasteiger partial charge on any atom is 0.295 e. The number of methoxy groups -OCH3 is 2. The predicted molar refractivity (Wildman–Crippen MR) is 143 cm³/mol. The summed E-state index contributed by atoms with van der Waals surface area (Å²) in [5, 5.41) is 11.4. The molecule has 2 aromatic carbocycles. The number of aliphatic hydroxyl groups is 1. The van der Waals surface area contributed by atoms with Crippen molar-refractivity contribution in [2.75, 3.05) is 40.4 Å². The summed E-state index contributed by atoms with van der Waals surface area (Å²) in [6, 6.07) is 11.2. The number of ether oxygens (including phenoxy) is 3. The van der Waals surface area contributed by atoms with Crippen molar-refractivity contribution < 1.29 is 28.9 Å². The molecule has 200 valence electrons. The number of aliphatic hydroxyl groups excluding tert-OH is 1. The summed E-state index contributed by atoms with van der Waals surface area (Å²) in [5.41, 5.74) is 1.02. The summed E-state index contributed by atoms with van der Waals surface area (Å²) in [6.45, 7) is 11.0. The monoisotopic (exact) mass is 510 g/mol. The van der Waals surface area contributed by atoms with E-state index in [1.807, 2.05) is 13.8 Å². The van der Waals surface area contributed by atoms with E-state index in [4.69, 9.17) is 14.2 Å². The van der Waals surface area contributed by atoms with Crippen molar-refractivity contribution in [1.82, 2.24) is 9.80 Å². The third-order valence-corrected chi connectivity index (χ3v) is 6.54. The van der Waals surface area contributed by atoms with Gasteiger partial charge in [-0.05, 0) is 82.4 Å². The highest BCUT2D eigenvalue weighted by Crippen LogP contribution is 2.44. The van der Waals surface area contributed by atoms with Gasteiger partial charge in [0.1, 0.15) is 23.0 Å². The van der Waals surface area contributed by atoms with Crippen molar-refractivity contribution in [2.45, 2.75) is 46.3 Å². The molecule has 0 bridgehead atoms. The van der Waals surface area contributed by atoms with E-state index in [0.29, 0.717) is 41.3 Å². The Morgan fingerprint density at radius 2 is 1.65 bits per heavy atom. The summed E-state index contributed by atoms with van der Waals surface area (Å²) >= 11 is 0. The Balaban J connectivity index is 2.10. The van der Waals surface area contributed by atoms with Crippen LogP contribution in [0.15, 0.2) is 48.0 Å². The highest BCUT2D eigenvalue weighted by atomic mass is 16.5. The largest absolute Gasteiger partial charge is 0.507 e. The number of benzene rings is 2. The predicted octanol–water partition coefficient (Wildman–Crippen LogP) is 4.64. The second-order valence-electron chi connectivity index (χ2n) is 9.17. The van der Waals surface area contributed by atoms with Crippen LogP contribution in [0, 0.1) is 0 Å². The number of carbonyl (C=O) groups is 2. The Morgan fingerprint density at radius 1 is 1.00 bits per heavy atom. The van der Waals surface area contributed by atoms with Crippen molar-refractivity contribution in [1.29, 1.82) is 0 Å². The molecule has 1 N–H and O–H groups in total. The fourth-order valence-electron chi connectivity index (χ4n) is 4.61. The SMILES string of the molecule is CCN(CC)CCCN1C(=O)C(=O)/C(=C(/O)c2ccc(OC(C)C)cc2)[C@H]1c1cc(OC)ccc1OC. The summed E-state index contributed by atoms with van der Waals surface area (Å²) < 4.78 is 16.7. The first-order chi connectivity index (χ1) is 17.7. The first-order valence-corrected chi connectivity index (χ1v) is 12.7. The molecule has 1 atom stereocenters. The molecule has 1 amide bonds. The molecule has 0 aromatic heterocycles. The fraction of sp³-hybridized carbons (Fsp3) is 0.448. The van der Waals surface area contributed by atoms with Crippen molar-refractivity contribution >= 4 is 17.4 Å². The lowest BCUT2D eigenvalue weighted by atomic mass is 9.94. The molecule has 1 aliphatic rings. The second kappa shape index (κ2) is 12.6. The van der Waals surface area contributed by atoms with Crippen LogP contribution in [-0.4, -0.2) is 73.1 Å². The number of amides is 1. The number of hydrogen-bond acceptors (Lipinski definition) is 7. The molecular weight excluding hydrogens is 472 g/mol. The lowest BCUT2D eigenvalue weighted by molar-refractivity contribution is -0.140. The third-order valence-electron chi connectivity index (χ3n) is 6.54. The van der Waals surface area contributed by atoms with E-state index in [1.54, 1.807) is 49.6 Å². The van der Waals surface area contributed by atoms with Crippen LogP contribution in [0.3, 0.4) is 0 Å². The summed E-state index contributed by atoms with van der Waals surface area (Å²) in [4.78, 5) is 30.5. The van der Waals surface area contributed by atoms with Gasteiger partial charge in [0.25, 0.3) is 11.7 Å². The van der Waals surface area contributed by atoms with Crippen molar-refractivity contribution in [3.05, 3.63) is 59.2 Å². The summed E-state index contributed by atoms with van der Waals surface area (Å²) in [5.74, 6) is 0.0890. The van der Waals surface area contributed by atoms with Crippen LogP contribution in [0.5, 0.6) is 17.2 Å². The molecule has 0 saturated carbocycles. The van der Waals surface area contributed by atoms with Crippen LogP contribution in [0.1, 0.15) is 51.3 Å². The zero-order chi connectivity index (χ0) is 27.1. The molecule has 1 fully saturated rings. The molecule has 8 nitrogen and oxygen atoms in total. The number of carbonyl (C=O) groups excluding carboxylic acids is 2. The van der Waals surface area contributed by atoms with Crippen LogP contribution in [0.25, 0.3) is 5.76 Å². The second-order valence-corrected chi connectivity index (χ2v) is 9.17. The smallest absolute Gasteiger partial charge is 0.295 e. The lowest BCUT2D eigenvalue weighted by Crippen LogP contribution is -2.33. The van der Waals surface area contributed by atoms with E-state index in [9.17, 15) is 14.7 Å². The van der Waals surface area contributed by atoms with Crippen LogP contribution >= 0.6 is 0 Å². The van der Waals surface area contributed by atoms with Crippen molar-refractivity contribution in [2.24, 2.45) is 0 Å². The molecule has 1 aliphatic heterocycles. The fourth-order valence-corrected chi connectivity index (χ4v) is 4.61. The van der Waals surface area contributed by atoms with Crippen LogP contribution < -0.4 is 14.2 Å². The van der Waals surface area contributed by atoms with E-state index in [1.165, 1.54) is 12.0 Å². The number of nitrogens with zero attached hydrogens (tertiary/aromatic N) is 2. The van der Waals surface area contributed by atoms with E-state index < -0.39 is 17.7 Å². The Morgan fingerprint density at radius 3 is 2.22 bits per heavy atom. The van der Waals surface area contributed by atoms with Gasteiger partial charge in [-0.1, -0.05) is 13.8 Å². The van der Waals surface area contributed by atoms with E-state index in [2.05, 4.69) is 18.7 Å². The Hall–Kier alpha value is -3.52. The molecule has 2 aromatic rings. The third kappa shape index (κ3) is 6.25. The van der Waals surface area contributed by atoms with Gasteiger partial charge in [-0.2, -0.15) is 0 Å². The van der Waals surface area contributed by atoms with Gasteiger partial charge in [0.15, 0.2) is 0 Å². The molecule has 0 unspecified atom stereocenters.